The van der Waals surface area contributed by atoms with E-state index in [1.165, 1.54) is 0 Å². The van der Waals surface area contributed by atoms with Crippen LogP contribution in [0.4, 0.5) is 4.79 Å². The fourth-order valence-corrected chi connectivity index (χ4v) is 3.67. The minimum atomic E-state index is -0.664. The third-order valence-corrected chi connectivity index (χ3v) is 4.85. The van der Waals surface area contributed by atoms with Crippen LogP contribution in [-0.4, -0.2) is 38.1 Å². The van der Waals surface area contributed by atoms with Gasteiger partial charge in [0.25, 0.3) is 0 Å². The highest BCUT2D eigenvalue weighted by molar-refractivity contribution is 5.65. The van der Waals surface area contributed by atoms with Crippen molar-refractivity contribution in [1.82, 2.24) is 0 Å². The first-order chi connectivity index (χ1) is 9.63. The molecule has 2 rings (SSSR count). The van der Waals surface area contributed by atoms with Crippen LogP contribution in [0.25, 0.3) is 0 Å². The molecule has 2 aliphatic rings. The van der Waals surface area contributed by atoms with Gasteiger partial charge < -0.3 is 19.9 Å². The zero-order valence-corrected chi connectivity index (χ0v) is 12.4. The van der Waals surface area contributed by atoms with Gasteiger partial charge in [0.05, 0.1) is 0 Å². The fraction of sp³-hybridized carbons (Fsp3) is 0.933. The van der Waals surface area contributed by atoms with Gasteiger partial charge in [0.2, 0.25) is 0 Å². The van der Waals surface area contributed by atoms with E-state index < -0.39 is 11.7 Å². The number of carbonyl (C=O) groups excluding carboxylic acids is 1. The topological polar surface area (TPSA) is 70.8 Å². The molecule has 0 aromatic heterocycles. The van der Waals surface area contributed by atoms with Crippen molar-refractivity contribution in [2.24, 2.45) is 17.6 Å². The maximum atomic E-state index is 11.4. The molecular formula is C15H27NO4. The van der Waals surface area contributed by atoms with Crippen molar-refractivity contribution in [1.29, 1.82) is 0 Å². The van der Waals surface area contributed by atoms with E-state index >= 15 is 0 Å². The molecule has 0 aromatic rings. The monoisotopic (exact) mass is 285 g/mol. The molecule has 2 aliphatic heterocycles. The van der Waals surface area contributed by atoms with E-state index in [0.717, 1.165) is 65.0 Å². The summed E-state index contributed by atoms with van der Waals surface area (Å²) in [6.07, 6.45) is 5.30. The summed E-state index contributed by atoms with van der Waals surface area (Å²) in [5, 5.41) is 0. The van der Waals surface area contributed by atoms with Crippen LogP contribution in [0.5, 0.6) is 0 Å². The predicted octanol–water partition coefficient (Wildman–Crippen LogP) is 2.47. The number of amides is 1. The van der Waals surface area contributed by atoms with Gasteiger partial charge in [0.1, 0.15) is 5.60 Å². The molecule has 2 N–H and O–H groups in total. The summed E-state index contributed by atoms with van der Waals surface area (Å²) in [6.45, 7) is 5.15. The van der Waals surface area contributed by atoms with Gasteiger partial charge in [-0.1, -0.05) is 0 Å². The molecule has 2 saturated heterocycles. The lowest BCUT2D eigenvalue weighted by molar-refractivity contribution is -0.0721. The zero-order valence-electron chi connectivity index (χ0n) is 12.4. The molecule has 0 spiro atoms. The van der Waals surface area contributed by atoms with E-state index in [9.17, 15) is 4.79 Å². The van der Waals surface area contributed by atoms with E-state index in [1.807, 2.05) is 0 Å². The Kier molecular flexibility index (Phi) is 5.66. The van der Waals surface area contributed by atoms with Gasteiger partial charge >= 0.3 is 6.09 Å². The highest BCUT2D eigenvalue weighted by atomic mass is 16.6. The molecule has 0 aliphatic carbocycles. The van der Waals surface area contributed by atoms with Crippen molar-refractivity contribution in [2.45, 2.75) is 51.0 Å². The van der Waals surface area contributed by atoms with Crippen molar-refractivity contribution in [3.05, 3.63) is 0 Å². The lowest BCUT2D eigenvalue weighted by Crippen LogP contribution is -2.48. The standard InChI is InChI=1S/C15H27NO4/c1-15(20-14(16)17,12-4-2-8-18-10-6-12)13-5-3-9-19-11-7-13/h12-13H,2-11H2,1H3,(H2,16,17). The highest BCUT2D eigenvalue weighted by Gasteiger charge is 2.44. The van der Waals surface area contributed by atoms with E-state index in [2.05, 4.69) is 6.92 Å². The van der Waals surface area contributed by atoms with Crippen molar-refractivity contribution in [3.63, 3.8) is 0 Å². The molecule has 2 fully saturated rings. The number of rotatable bonds is 3. The number of nitrogens with two attached hydrogens (primary N) is 1. The summed E-state index contributed by atoms with van der Waals surface area (Å²) in [5.41, 5.74) is 4.85. The first-order valence-electron chi connectivity index (χ1n) is 7.77. The van der Waals surface area contributed by atoms with Gasteiger partial charge in [-0.15, -0.1) is 0 Å². The number of hydrogen-bond acceptors (Lipinski definition) is 4. The van der Waals surface area contributed by atoms with Crippen LogP contribution in [0.2, 0.25) is 0 Å². The second kappa shape index (κ2) is 7.27. The van der Waals surface area contributed by atoms with Gasteiger partial charge in [0, 0.05) is 38.3 Å². The van der Waals surface area contributed by atoms with Crippen molar-refractivity contribution >= 4 is 6.09 Å². The Morgan fingerprint density at radius 2 is 1.50 bits per heavy atom. The molecular weight excluding hydrogens is 258 g/mol. The van der Waals surface area contributed by atoms with E-state index in [0.29, 0.717) is 11.8 Å². The first kappa shape index (κ1) is 15.6. The van der Waals surface area contributed by atoms with Crippen LogP contribution < -0.4 is 5.73 Å². The minimum Gasteiger partial charge on any atom is -0.443 e. The molecule has 2 atom stereocenters. The molecule has 116 valence electrons. The van der Waals surface area contributed by atoms with Crippen LogP contribution in [0, 0.1) is 11.8 Å². The van der Waals surface area contributed by atoms with Crippen LogP contribution in [0.1, 0.15) is 45.4 Å². The predicted molar refractivity (Wildman–Crippen MR) is 75.4 cm³/mol. The summed E-state index contributed by atoms with van der Waals surface area (Å²) in [7, 11) is 0. The maximum Gasteiger partial charge on any atom is 0.405 e. The normalized spacial score (nSPS) is 31.6. The molecule has 2 unspecified atom stereocenters. The Hall–Kier alpha value is -0.810. The number of hydrogen-bond donors (Lipinski definition) is 1. The Labute approximate surface area is 121 Å². The van der Waals surface area contributed by atoms with Crippen LogP contribution in [-0.2, 0) is 14.2 Å². The summed E-state index contributed by atoms with van der Waals surface area (Å²) in [4.78, 5) is 11.4. The van der Waals surface area contributed by atoms with Gasteiger partial charge in [-0.05, 0) is 45.4 Å². The average molecular weight is 285 g/mol. The van der Waals surface area contributed by atoms with Gasteiger partial charge in [-0.3, -0.25) is 0 Å². The minimum absolute atomic E-state index is 0.320. The number of ether oxygens (including phenoxy) is 3. The Bertz CT molecular complexity index is 285. The fourth-order valence-electron chi connectivity index (χ4n) is 3.67. The van der Waals surface area contributed by atoms with Crippen LogP contribution in [0.15, 0.2) is 0 Å². The molecule has 0 aromatic carbocycles. The Balaban J connectivity index is 2.15. The molecule has 0 radical (unpaired) electrons. The van der Waals surface area contributed by atoms with Gasteiger partial charge in [-0.25, -0.2) is 4.79 Å². The number of primary amides is 1. The Morgan fingerprint density at radius 1 is 1.00 bits per heavy atom. The molecule has 5 heteroatoms. The summed E-state index contributed by atoms with van der Waals surface area (Å²) >= 11 is 0. The second-order valence-corrected chi connectivity index (χ2v) is 6.09. The molecule has 2 heterocycles. The third kappa shape index (κ3) is 3.85. The molecule has 1 amide bonds. The summed E-state index contributed by atoms with van der Waals surface area (Å²) in [6, 6.07) is 0. The molecule has 5 nitrogen and oxygen atoms in total. The van der Waals surface area contributed by atoms with Crippen LogP contribution in [0.3, 0.4) is 0 Å². The average Bonchev–Trinajstić information content (AvgIpc) is 2.83. The van der Waals surface area contributed by atoms with Gasteiger partial charge in [-0.2, -0.15) is 0 Å². The summed E-state index contributed by atoms with van der Waals surface area (Å²) in [5.74, 6) is 0.640. The first-order valence-corrected chi connectivity index (χ1v) is 7.77. The van der Waals surface area contributed by atoms with Crippen molar-refractivity contribution in [3.8, 4) is 0 Å². The van der Waals surface area contributed by atoms with E-state index in [1.54, 1.807) is 0 Å². The SMILES string of the molecule is CC(OC(N)=O)(C1CCCOCC1)C1CCCOCC1. The Morgan fingerprint density at radius 3 is 1.95 bits per heavy atom. The maximum absolute atomic E-state index is 11.4. The highest BCUT2D eigenvalue weighted by Crippen LogP contribution is 2.41. The van der Waals surface area contributed by atoms with Crippen LogP contribution >= 0.6 is 0 Å². The van der Waals surface area contributed by atoms with Gasteiger partial charge in [0.15, 0.2) is 0 Å². The second-order valence-electron chi connectivity index (χ2n) is 6.09. The van der Waals surface area contributed by atoms with Crippen molar-refractivity contribution in [2.75, 3.05) is 26.4 Å². The lowest BCUT2D eigenvalue weighted by Gasteiger charge is -2.42. The quantitative estimate of drug-likeness (QED) is 0.864. The largest absolute Gasteiger partial charge is 0.443 e. The molecule has 20 heavy (non-hydrogen) atoms. The number of carbonyl (C=O) groups is 1. The molecule has 0 saturated carbocycles. The lowest BCUT2D eigenvalue weighted by atomic mass is 9.72. The third-order valence-electron chi connectivity index (χ3n) is 4.85. The smallest absolute Gasteiger partial charge is 0.405 e. The van der Waals surface area contributed by atoms with E-state index in [-0.39, 0.29) is 0 Å². The molecule has 0 bridgehead atoms. The van der Waals surface area contributed by atoms with Crippen molar-refractivity contribution < 1.29 is 19.0 Å². The zero-order chi connectivity index (χ0) is 14.4. The van der Waals surface area contributed by atoms with E-state index in [4.69, 9.17) is 19.9 Å². The summed E-state index contributed by atoms with van der Waals surface area (Å²) < 4.78 is 16.7.